The Morgan fingerprint density at radius 3 is 2.54 bits per heavy atom. The van der Waals surface area contributed by atoms with Crippen LogP contribution in [0.5, 0.6) is 0 Å². The molecule has 7 nitrogen and oxygen atoms in total. The van der Waals surface area contributed by atoms with Crippen molar-refractivity contribution in [1.82, 2.24) is 9.62 Å². The van der Waals surface area contributed by atoms with E-state index in [0.29, 0.717) is 32.4 Å². The molecule has 8 heteroatoms. The summed E-state index contributed by atoms with van der Waals surface area (Å²) in [6.45, 7) is 2.75. The van der Waals surface area contributed by atoms with E-state index in [9.17, 15) is 18.0 Å². The summed E-state index contributed by atoms with van der Waals surface area (Å²) in [4.78, 5) is 22.7. The number of nitrogens with zero attached hydrogens (tertiary/aromatic N) is 1. The van der Waals surface area contributed by atoms with Crippen LogP contribution in [0.3, 0.4) is 0 Å². The molecule has 0 spiro atoms. The van der Waals surface area contributed by atoms with Crippen molar-refractivity contribution < 1.29 is 23.1 Å². The average Bonchev–Trinajstić information content (AvgIpc) is 2.53. The van der Waals surface area contributed by atoms with Gasteiger partial charge in [0.25, 0.3) is 0 Å². The van der Waals surface area contributed by atoms with Gasteiger partial charge in [-0.1, -0.05) is 26.2 Å². The first-order valence-electron chi connectivity index (χ1n) is 8.87. The van der Waals surface area contributed by atoms with Gasteiger partial charge >= 0.3 is 5.97 Å². The van der Waals surface area contributed by atoms with E-state index in [1.165, 1.54) is 4.31 Å². The number of hydrogen-bond donors (Lipinski definition) is 2. The highest BCUT2D eigenvalue weighted by molar-refractivity contribution is 7.89. The number of sulfonamides is 1. The maximum absolute atomic E-state index is 12.3. The largest absolute Gasteiger partial charge is 0.481 e. The van der Waals surface area contributed by atoms with Gasteiger partial charge in [-0.25, -0.2) is 8.42 Å². The number of carbonyl (C=O) groups is 2. The summed E-state index contributed by atoms with van der Waals surface area (Å²) in [5.41, 5.74) is 0. The van der Waals surface area contributed by atoms with Crippen LogP contribution >= 0.6 is 0 Å². The van der Waals surface area contributed by atoms with Crippen molar-refractivity contribution >= 4 is 21.9 Å². The standard InChI is InChI=1S/C16H30N2O5S/c1-2-13-24(22,23)18-12-8-6-9-14(18)16(21)17-11-7-4-3-5-10-15(19)20/h14H,2-13H2,1H3,(H,17,21)(H,19,20). The van der Waals surface area contributed by atoms with Gasteiger partial charge in [-0.2, -0.15) is 4.31 Å². The molecule has 0 aromatic rings. The molecule has 0 radical (unpaired) electrons. The summed E-state index contributed by atoms with van der Waals surface area (Å²) in [5, 5.41) is 11.4. The van der Waals surface area contributed by atoms with Gasteiger partial charge in [-0.05, 0) is 32.1 Å². The van der Waals surface area contributed by atoms with Crippen molar-refractivity contribution in [3.63, 3.8) is 0 Å². The Labute approximate surface area is 144 Å². The third kappa shape index (κ3) is 7.17. The number of aliphatic carboxylic acids is 1. The fraction of sp³-hybridized carbons (Fsp3) is 0.875. The molecule has 1 saturated heterocycles. The van der Waals surface area contributed by atoms with E-state index < -0.39 is 22.0 Å². The third-order valence-corrected chi connectivity index (χ3v) is 6.27. The number of unbranched alkanes of at least 4 members (excludes halogenated alkanes) is 3. The lowest BCUT2D eigenvalue weighted by Gasteiger charge is -2.33. The Morgan fingerprint density at radius 1 is 1.17 bits per heavy atom. The zero-order valence-corrected chi connectivity index (χ0v) is 15.3. The van der Waals surface area contributed by atoms with Gasteiger partial charge in [0.2, 0.25) is 15.9 Å². The van der Waals surface area contributed by atoms with E-state index >= 15 is 0 Å². The second kappa shape index (κ2) is 10.7. The van der Waals surface area contributed by atoms with Crippen LogP contribution in [0.2, 0.25) is 0 Å². The van der Waals surface area contributed by atoms with Crippen molar-refractivity contribution in [2.75, 3.05) is 18.8 Å². The topological polar surface area (TPSA) is 104 Å². The van der Waals surface area contributed by atoms with Crippen molar-refractivity contribution in [3.8, 4) is 0 Å². The highest BCUT2D eigenvalue weighted by Gasteiger charge is 2.35. The number of hydrogen-bond acceptors (Lipinski definition) is 4. The fourth-order valence-electron chi connectivity index (χ4n) is 2.96. The fourth-order valence-corrected chi connectivity index (χ4v) is 4.71. The lowest BCUT2D eigenvalue weighted by Crippen LogP contribution is -2.52. The van der Waals surface area contributed by atoms with Crippen molar-refractivity contribution in [2.24, 2.45) is 0 Å². The molecule has 1 heterocycles. The molecule has 1 aliphatic rings. The summed E-state index contributed by atoms with van der Waals surface area (Å²) < 4.78 is 26.0. The molecular weight excluding hydrogens is 332 g/mol. The number of amides is 1. The van der Waals surface area contributed by atoms with Crippen molar-refractivity contribution in [1.29, 1.82) is 0 Å². The van der Waals surface area contributed by atoms with Crippen LogP contribution in [0.4, 0.5) is 0 Å². The molecule has 140 valence electrons. The van der Waals surface area contributed by atoms with E-state index in [1.807, 2.05) is 6.92 Å². The number of carbonyl (C=O) groups excluding carboxylic acids is 1. The van der Waals surface area contributed by atoms with Crippen molar-refractivity contribution in [2.45, 2.75) is 70.8 Å². The first-order valence-corrected chi connectivity index (χ1v) is 10.5. The molecule has 0 saturated carbocycles. The smallest absolute Gasteiger partial charge is 0.303 e. The molecule has 1 rings (SSSR count). The van der Waals surface area contributed by atoms with Gasteiger partial charge in [0.15, 0.2) is 0 Å². The minimum Gasteiger partial charge on any atom is -0.481 e. The first kappa shape index (κ1) is 20.9. The lowest BCUT2D eigenvalue weighted by atomic mass is 10.0. The van der Waals surface area contributed by atoms with Crippen LogP contribution in [-0.2, 0) is 19.6 Å². The maximum atomic E-state index is 12.3. The highest BCUT2D eigenvalue weighted by atomic mass is 32.2. The minimum absolute atomic E-state index is 0.0837. The molecule has 0 aromatic heterocycles. The molecular formula is C16H30N2O5S. The summed E-state index contributed by atoms with van der Waals surface area (Å²) in [5.74, 6) is -0.908. The lowest BCUT2D eigenvalue weighted by molar-refractivity contribution is -0.137. The Morgan fingerprint density at radius 2 is 1.88 bits per heavy atom. The third-order valence-electron chi connectivity index (χ3n) is 4.19. The summed E-state index contributed by atoms with van der Waals surface area (Å²) in [6, 6.07) is -0.581. The van der Waals surface area contributed by atoms with Gasteiger partial charge in [-0.15, -0.1) is 0 Å². The minimum atomic E-state index is -3.36. The van der Waals surface area contributed by atoms with E-state index in [4.69, 9.17) is 5.11 Å². The molecule has 0 bridgehead atoms. The number of carboxylic acid groups (broad SMARTS) is 1. The van der Waals surface area contributed by atoms with E-state index in [-0.39, 0.29) is 18.1 Å². The molecule has 0 aliphatic carbocycles. The second-order valence-corrected chi connectivity index (χ2v) is 8.33. The number of rotatable bonds is 11. The molecule has 1 aliphatic heterocycles. The van der Waals surface area contributed by atoms with Gasteiger partial charge in [0, 0.05) is 19.5 Å². The number of carboxylic acids is 1. The molecule has 2 N–H and O–H groups in total. The summed E-state index contributed by atoms with van der Waals surface area (Å²) in [7, 11) is -3.36. The van der Waals surface area contributed by atoms with Gasteiger partial charge < -0.3 is 10.4 Å². The Kier molecular flexibility index (Phi) is 9.28. The normalized spacial score (nSPS) is 19.1. The monoisotopic (exact) mass is 362 g/mol. The second-order valence-electron chi connectivity index (χ2n) is 6.29. The van der Waals surface area contributed by atoms with Crippen LogP contribution in [0.25, 0.3) is 0 Å². The molecule has 1 fully saturated rings. The molecule has 0 aromatic carbocycles. The SMILES string of the molecule is CCCS(=O)(=O)N1CCCCC1C(=O)NCCCCCCC(=O)O. The summed E-state index contributed by atoms with van der Waals surface area (Å²) in [6.07, 6.45) is 6.07. The number of piperidine rings is 1. The van der Waals surface area contributed by atoms with Crippen LogP contribution in [0, 0.1) is 0 Å². The maximum Gasteiger partial charge on any atom is 0.303 e. The predicted molar refractivity (Wildman–Crippen MR) is 92.2 cm³/mol. The molecule has 1 unspecified atom stereocenters. The van der Waals surface area contributed by atoms with Gasteiger partial charge in [0.1, 0.15) is 6.04 Å². The van der Waals surface area contributed by atoms with Crippen LogP contribution in [0.15, 0.2) is 0 Å². The van der Waals surface area contributed by atoms with Crippen LogP contribution < -0.4 is 5.32 Å². The number of nitrogens with one attached hydrogen (secondary N) is 1. The van der Waals surface area contributed by atoms with Crippen LogP contribution in [-0.4, -0.2) is 54.6 Å². The first-order chi connectivity index (χ1) is 11.4. The summed E-state index contributed by atoms with van der Waals surface area (Å²) >= 11 is 0. The van der Waals surface area contributed by atoms with Gasteiger partial charge in [0.05, 0.1) is 5.75 Å². The zero-order valence-electron chi connectivity index (χ0n) is 14.5. The quantitative estimate of drug-likeness (QED) is 0.545. The molecule has 1 amide bonds. The highest BCUT2D eigenvalue weighted by Crippen LogP contribution is 2.21. The van der Waals surface area contributed by atoms with Crippen LogP contribution in [0.1, 0.15) is 64.7 Å². The molecule has 24 heavy (non-hydrogen) atoms. The Hall–Kier alpha value is -1.15. The molecule has 1 atom stereocenters. The van der Waals surface area contributed by atoms with Crippen molar-refractivity contribution in [3.05, 3.63) is 0 Å². The predicted octanol–water partition coefficient (Wildman–Crippen LogP) is 1.73. The zero-order chi connectivity index (χ0) is 18.0. The van der Waals surface area contributed by atoms with Gasteiger partial charge in [-0.3, -0.25) is 9.59 Å². The van der Waals surface area contributed by atoms with E-state index in [2.05, 4.69) is 5.32 Å². The Balaban J connectivity index is 2.37. The average molecular weight is 362 g/mol. The van der Waals surface area contributed by atoms with E-state index in [0.717, 1.165) is 32.1 Å². The van der Waals surface area contributed by atoms with E-state index in [1.54, 1.807) is 0 Å². The Bertz CT molecular complexity index is 507.